The normalized spacial score (nSPS) is 12.0. The van der Waals surface area contributed by atoms with Gasteiger partial charge >= 0.3 is 12.4 Å². The molecule has 0 spiro atoms. The quantitative estimate of drug-likeness (QED) is 0.140. The van der Waals surface area contributed by atoms with Crippen molar-refractivity contribution in [1.82, 2.24) is 9.13 Å². The largest absolute Gasteiger partial charge is 0.416 e. The number of nitriles is 1. The second kappa shape index (κ2) is 19.7. The summed E-state index contributed by atoms with van der Waals surface area (Å²) in [6, 6.07) is 72.7. The van der Waals surface area contributed by atoms with E-state index in [1.165, 1.54) is 0 Å². The summed E-state index contributed by atoms with van der Waals surface area (Å²) in [5.74, 6) is 0. The van der Waals surface area contributed by atoms with Gasteiger partial charge in [-0.2, -0.15) is 31.6 Å². The smallest absolute Gasteiger partial charge is 0.309 e. The lowest BCUT2D eigenvalue weighted by Gasteiger charge is -2.21. The second-order valence-corrected chi connectivity index (χ2v) is 21.4. The molecular formula is C73H49F6N3. The average Bonchev–Trinajstić information content (AvgIpc) is 2.11. The Labute approximate surface area is 469 Å². The second-order valence-electron chi connectivity index (χ2n) is 21.4. The van der Waals surface area contributed by atoms with Crippen LogP contribution in [0.5, 0.6) is 0 Å². The van der Waals surface area contributed by atoms with E-state index in [0.29, 0.717) is 22.5 Å². The molecule has 2 heterocycles. The van der Waals surface area contributed by atoms with Gasteiger partial charge in [0, 0.05) is 32.8 Å². The Bertz CT molecular complexity index is 4560. The van der Waals surface area contributed by atoms with Crippen LogP contribution in [-0.2, 0) is 12.4 Å². The summed E-state index contributed by atoms with van der Waals surface area (Å²) in [7, 11) is 0. The number of halogens is 6. The molecule has 13 rings (SSSR count). The highest BCUT2D eigenvalue weighted by Gasteiger charge is 2.37. The van der Waals surface area contributed by atoms with Crippen LogP contribution >= 0.6 is 0 Å². The van der Waals surface area contributed by atoms with Gasteiger partial charge < -0.3 is 9.13 Å². The van der Waals surface area contributed by atoms with Crippen molar-refractivity contribution < 1.29 is 26.3 Å². The van der Waals surface area contributed by atoms with Crippen molar-refractivity contribution in [3.63, 3.8) is 0 Å². The number of hydrogen-bond donors (Lipinski definition) is 0. The predicted molar refractivity (Wildman–Crippen MR) is 321 cm³/mol. The summed E-state index contributed by atoms with van der Waals surface area (Å²) in [5, 5.41) is 14.4. The van der Waals surface area contributed by atoms with Crippen LogP contribution in [0.4, 0.5) is 26.3 Å². The molecule has 0 bridgehead atoms. The highest BCUT2D eigenvalue weighted by molar-refractivity contribution is 6.14. The van der Waals surface area contributed by atoms with Gasteiger partial charge in [0.15, 0.2) is 0 Å². The molecule has 0 atom stereocenters. The third kappa shape index (κ3) is 9.26. The zero-order valence-electron chi connectivity index (χ0n) is 45.0. The van der Waals surface area contributed by atoms with E-state index in [1.54, 1.807) is 24.3 Å². The van der Waals surface area contributed by atoms with Gasteiger partial charge in [-0.3, -0.25) is 0 Å². The number of benzene rings is 11. The molecule has 82 heavy (non-hydrogen) atoms. The van der Waals surface area contributed by atoms with E-state index < -0.39 is 23.5 Å². The Morgan fingerprint density at radius 2 is 0.695 bits per heavy atom. The van der Waals surface area contributed by atoms with Crippen molar-refractivity contribution in [2.45, 2.75) is 40.0 Å². The Kier molecular flexibility index (Phi) is 12.4. The number of nitrogens with zero attached hydrogens (tertiary/aromatic N) is 3. The van der Waals surface area contributed by atoms with Gasteiger partial charge in [0.1, 0.15) is 0 Å². The van der Waals surface area contributed by atoms with E-state index in [1.807, 2.05) is 62.4 Å². The summed E-state index contributed by atoms with van der Waals surface area (Å²) in [5.41, 5.74) is 14.8. The molecule has 0 saturated heterocycles. The van der Waals surface area contributed by atoms with Crippen LogP contribution in [0, 0.1) is 39.0 Å². The first-order valence-corrected chi connectivity index (χ1v) is 26.9. The molecule has 0 aliphatic rings. The van der Waals surface area contributed by atoms with E-state index in [4.69, 9.17) is 0 Å². The number of fused-ring (bicyclic) bond motifs is 6. The van der Waals surface area contributed by atoms with Gasteiger partial charge in [-0.15, -0.1) is 0 Å². The molecule has 0 N–H and O–H groups in total. The van der Waals surface area contributed by atoms with Gasteiger partial charge in [-0.1, -0.05) is 150 Å². The maximum atomic E-state index is 14.9. The minimum absolute atomic E-state index is 0.102. The number of alkyl halides is 6. The molecule has 398 valence electrons. The molecule has 0 aliphatic heterocycles. The fraction of sp³-hybridized carbons (Fsp3) is 0.0822. The summed E-state index contributed by atoms with van der Waals surface area (Å²) >= 11 is 0. The van der Waals surface area contributed by atoms with Crippen molar-refractivity contribution in [3.8, 4) is 84.2 Å². The Hall–Kier alpha value is -9.91. The Balaban J connectivity index is 1.12. The molecule has 2 aromatic heterocycles. The van der Waals surface area contributed by atoms with Gasteiger partial charge in [0.05, 0.1) is 50.5 Å². The maximum Gasteiger partial charge on any atom is 0.416 e. The van der Waals surface area contributed by atoms with Crippen molar-refractivity contribution in [2.24, 2.45) is 0 Å². The van der Waals surface area contributed by atoms with Crippen LogP contribution in [0.1, 0.15) is 38.9 Å². The molecule has 0 saturated carbocycles. The lowest BCUT2D eigenvalue weighted by atomic mass is 9.90. The van der Waals surface area contributed by atoms with Crippen LogP contribution in [0.15, 0.2) is 224 Å². The predicted octanol–water partition coefficient (Wildman–Crippen LogP) is 21.0. The van der Waals surface area contributed by atoms with Gasteiger partial charge in [0.25, 0.3) is 0 Å². The zero-order valence-corrected chi connectivity index (χ0v) is 45.0. The highest BCUT2D eigenvalue weighted by Crippen LogP contribution is 2.47. The van der Waals surface area contributed by atoms with Crippen LogP contribution in [-0.4, -0.2) is 9.13 Å². The number of aryl methyl sites for hydroxylation is 4. The van der Waals surface area contributed by atoms with Crippen LogP contribution in [0.2, 0.25) is 0 Å². The summed E-state index contributed by atoms with van der Waals surface area (Å²) < 4.78 is 93.5. The number of aromatic nitrogens is 2. The number of rotatable bonds is 8. The van der Waals surface area contributed by atoms with Crippen LogP contribution in [0.3, 0.4) is 0 Å². The molecule has 9 heteroatoms. The number of hydrogen-bond acceptors (Lipinski definition) is 1. The topological polar surface area (TPSA) is 33.6 Å². The zero-order chi connectivity index (χ0) is 56.8. The first-order valence-electron chi connectivity index (χ1n) is 26.9. The third-order valence-corrected chi connectivity index (χ3v) is 15.8. The van der Waals surface area contributed by atoms with E-state index in [-0.39, 0.29) is 22.8 Å². The summed E-state index contributed by atoms with van der Waals surface area (Å²) in [4.78, 5) is 0. The summed E-state index contributed by atoms with van der Waals surface area (Å²) in [6.45, 7) is 8.20. The molecule has 11 aromatic carbocycles. The van der Waals surface area contributed by atoms with Gasteiger partial charge in [-0.25, -0.2) is 0 Å². The van der Waals surface area contributed by atoms with E-state index >= 15 is 0 Å². The van der Waals surface area contributed by atoms with Crippen molar-refractivity contribution in [1.29, 1.82) is 5.26 Å². The van der Waals surface area contributed by atoms with E-state index in [2.05, 4.69) is 163 Å². The maximum absolute atomic E-state index is 14.9. The fourth-order valence-corrected chi connectivity index (χ4v) is 11.9. The first-order chi connectivity index (χ1) is 39.4. The lowest BCUT2D eigenvalue weighted by Crippen LogP contribution is -2.11. The van der Waals surface area contributed by atoms with Crippen LogP contribution in [0.25, 0.3) is 122 Å². The minimum Gasteiger partial charge on any atom is -0.309 e. The third-order valence-electron chi connectivity index (χ3n) is 15.8. The Morgan fingerprint density at radius 3 is 1.06 bits per heavy atom. The van der Waals surface area contributed by atoms with E-state index in [9.17, 15) is 31.6 Å². The highest BCUT2D eigenvalue weighted by atomic mass is 19.4. The van der Waals surface area contributed by atoms with E-state index in [0.717, 1.165) is 123 Å². The molecule has 0 fully saturated rings. The molecule has 0 radical (unpaired) electrons. The molecule has 0 amide bonds. The van der Waals surface area contributed by atoms with Gasteiger partial charge in [0.2, 0.25) is 0 Å². The van der Waals surface area contributed by atoms with Crippen molar-refractivity contribution >= 4 is 43.6 Å². The van der Waals surface area contributed by atoms with Gasteiger partial charge in [-0.05, 0) is 186 Å². The van der Waals surface area contributed by atoms with Crippen LogP contribution < -0.4 is 0 Å². The average molecular weight is 1080 g/mol. The molecule has 3 nitrogen and oxygen atoms in total. The molecule has 0 aliphatic carbocycles. The molecular weight excluding hydrogens is 1030 g/mol. The lowest BCUT2D eigenvalue weighted by molar-refractivity contribution is -0.143. The first kappa shape index (κ1) is 51.5. The minimum atomic E-state index is -5.11. The Morgan fingerprint density at radius 1 is 0.317 bits per heavy atom. The monoisotopic (exact) mass is 1080 g/mol. The van der Waals surface area contributed by atoms with Crippen molar-refractivity contribution in [2.75, 3.05) is 0 Å². The van der Waals surface area contributed by atoms with Crippen molar-refractivity contribution in [3.05, 3.63) is 263 Å². The summed E-state index contributed by atoms with van der Waals surface area (Å²) in [6.07, 6.45) is -10.2. The molecule has 0 unspecified atom stereocenters. The molecule has 13 aromatic rings. The fourth-order valence-electron chi connectivity index (χ4n) is 11.9. The SMILES string of the molecule is Cc1cccc(-c2ccc3c(c2)c2cc(-c4cccc(C)c4)ccc2n3-c2ccc(-c3cc(C(F)(F)F)cc(C(F)(F)F)c3)c(-c3cc(C#N)ccc3-n3c4ccc(-c5cccc(C)c5)cc4c4cc(-c5cccc(C)c5)ccc43)c2)c1. The standard InChI is InChI=1S/C73H49F6N3/c1-43-9-5-13-48(29-43)52-18-25-67-63(36-52)64-37-53(49-14-6-10-44(2)30-49)19-26-68(64)81(67)59-22-23-60(56-34-57(72(74,75)76)40-58(35-56)73(77,78)79)61(41-59)62-33-47(42-80)17-24-69(62)82-70-27-20-54(50-15-7-11-45(3)31-50)38-65(70)66-39-55(21-28-71(66)82)51-16-8-12-46(4)32-51/h5-41H,1-4H3.